The highest BCUT2D eigenvalue weighted by atomic mass is 16.4. The number of likely N-dealkylation sites (tertiary alicyclic amines) is 1. The molecule has 6 nitrogen and oxygen atoms in total. The van der Waals surface area contributed by atoms with Crippen LogP contribution in [0.25, 0.3) is 0 Å². The van der Waals surface area contributed by atoms with Crippen molar-refractivity contribution in [2.45, 2.75) is 20.8 Å². The van der Waals surface area contributed by atoms with Gasteiger partial charge in [0.05, 0.1) is 5.92 Å². The van der Waals surface area contributed by atoms with Crippen LogP contribution in [-0.2, 0) is 4.79 Å². The average Bonchev–Trinajstić information content (AvgIpc) is 2.75. The van der Waals surface area contributed by atoms with E-state index in [1.54, 1.807) is 4.90 Å². The molecular formula is C15H29N3O3. The second-order valence-electron chi connectivity index (χ2n) is 6.75. The predicted octanol–water partition coefficient (Wildman–Crippen LogP) is 1.28. The number of amides is 2. The minimum absolute atomic E-state index is 0.0150. The molecule has 1 fully saturated rings. The number of rotatable bonds is 6. The second kappa shape index (κ2) is 7.64. The van der Waals surface area contributed by atoms with Gasteiger partial charge in [-0.1, -0.05) is 20.8 Å². The first-order chi connectivity index (χ1) is 9.72. The molecular weight excluding hydrogens is 270 g/mol. The van der Waals surface area contributed by atoms with Gasteiger partial charge in [-0.15, -0.1) is 0 Å². The van der Waals surface area contributed by atoms with E-state index in [1.165, 1.54) is 0 Å². The molecule has 21 heavy (non-hydrogen) atoms. The van der Waals surface area contributed by atoms with Crippen LogP contribution in [-0.4, -0.2) is 78.6 Å². The lowest BCUT2D eigenvalue weighted by Crippen LogP contribution is -2.46. The van der Waals surface area contributed by atoms with E-state index in [1.807, 2.05) is 30.8 Å². The van der Waals surface area contributed by atoms with E-state index in [2.05, 4.69) is 13.8 Å². The SMILES string of the molecule is CC(C)CN(CCN(C)C)C(=O)N1C[C@@H](C)[C@H](C(=O)O)C1. The first-order valence-corrected chi connectivity index (χ1v) is 7.63. The number of carbonyl (C=O) groups excluding carboxylic acids is 1. The molecule has 1 aliphatic rings. The molecule has 0 radical (unpaired) electrons. The summed E-state index contributed by atoms with van der Waals surface area (Å²) in [5.41, 5.74) is 0. The quantitative estimate of drug-likeness (QED) is 0.802. The summed E-state index contributed by atoms with van der Waals surface area (Å²) in [4.78, 5) is 29.4. The Morgan fingerprint density at radius 1 is 1.24 bits per heavy atom. The average molecular weight is 299 g/mol. The Hall–Kier alpha value is -1.30. The van der Waals surface area contributed by atoms with Crippen molar-refractivity contribution in [3.05, 3.63) is 0 Å². The molecule has 2 atom stereocenters. The van der Waals surface area contributed by atoms with E-state index in [0.717, 1.165) is 6.54 Å². The van der Waals surface area contributed by atoms with Gasteiger partial charge in [-0.3, -0.25) is 4.79 Å². The predicted molar refractivity (Wildman–Crippen MR) is 82.2 cm³/mol. The van der Waals surface area contributed by atoms with Gasteiger partial charge >= 0.3 is 12.0 Å². The highest BCUT2D eigenvalue weighted by Crippen LogP contribution is 2.24. The fourth-order valence-corrected chi connectivity index (χ4v) is 2.67. The van der Waals surface area contributed by atoms with Crippen LogP contribution in [0.4, 0.5) is 4.79 Å². The number of carboxylic acid groups (broad SMARTS) is 1. The van der Waals surface area contributed by atoms with Crippen LogP contribution < -0.4 is 0 Å². The van der Waals surface area contributed by atoms with Crippen molar-refractivity contribution in [2.24, 2.45) is 17.8 Å². The lowest BCUT2D eigenvalue weighted by molar-refractivity contribution is -0.142. The third-order valence-corrected chi connectivity index (χ3v) is 3.87. The molecule has 0 spiro atoms. The molecule has 1 aliphatic heterocycles. The minimum atomic E-state index is -0.804. The van der Waals surface area contributed by atoms with Gasteiger partial charge in [0.25, 0.3) is 0 Å². The van der Waals surface area contributed by atoms with Crippen LogP contribution in [0.5, 0.6) is 0 Å². The summed E-state index contributed by atoms with van der Waals surface area (Å²) in [5.74, 6) is -0.835. The fraction of sp³-hybridized carbons (Fsp3) is 0.867. The summed E-state index contributed by atoms with van der Waals surface area (Å²) in [7, 11) is 3.97. The first-order valence-electron chi connectivity index (χ1n) is 7.63. The zero-order valence-electron chi connectivity index (χ0n) is 13.9. The summed E-state index contributed by atoms with van der Waals surface area (Å²) >= 11 is 0. The zero-order valence-corrected chi connectivity index (χ0v) is 13.9. The number of urea groups is 1. The number of hydrogen-bond acceptors (Lipinski definition) is 3. The summed E-state index contributed by atoms with van der Waals surface area (Å²) < 4.78 is 0. The topological polar surface area (TPSA) is 64.1 Å². The first kappa shape index (κ1) is 17.8. The molecule has 0 saturated carbocycles. The van der Waals surface area contributed by atoms with Crippen molar-refractivity contribution < 1.29 is 14.7 Å². The van der Waals surface area contributed by atoms with Gasteiger partial charge in [-0.25, -0.2) is 4.79 Å². The third-order valence-electron chi connectivity index (χ3n) is 3.87. The van der Waals surface area contributed by atoms with E-state index in [9.17, 15) is 14.7 Å². The van der Waals surface area contributed by atoms with Crippen molar-refractivity contribution in [3.8, 4) is 0 Å². The van der Waals surface area contributed by atoms with Gasteiger partial charge in [0.2, 0.25) is 0 Å². The highest BCUT2D eigenvalue weighted by molar-refractivity contribution is 5.77. The monoisotopic (exact) mass is 299 g/mol. The van der Waals surface area contributed by atoms with Crippen LogP contribution in [0.3, 0.4) is 0 Å². The Kier molecular flexibility index (Phi) is 6.45. The van der Waals surface area contributed by atoms with Crippen LogP contribution >= 0.6 is 0 Å². The number of carbonyl (C=O) groups is 2. The molecule has 0 bridgehead atoms. The summed E-state index contributed by atoms with van der Waals surface area (Å²) in [6.45, 7) is 9.12. The van der Waals surface area contributed by atoms with Gasteiger partial charge in [-0.2, -0.15) is 0 Å². The van der Waals surface area contributed by atoms with Crippen molar-refractivity contribution >= 4 is 12.0 Å². The zero-order chi connectivity index (χ0) is 16.2. The molecule has 6 heteroatoms. The Morgan fingerprint density at radius 2 is 1.86 bits per heavy atom. The van der Waals surface area contributed by atoms with Crippen LogP contribution in [0, 0.1) is 17.8 Å². The molecule has 0 aromatic heterocycles. The van der Waals surface area contributed by atoms with E-state index in [0.29, 0.717) is 32.1 Å². The standard InChI is InChI=1S/C15H29N3O3/c1-11(2)8-17(7-6-16(4)5)15(21)18-9-12(3)13(10-18)14(19)20/h11-13H,6-10H2,1-5H3,(H,19,20)/t12-,13-/m1/s1. The number of nitrogens with zero attached hydrogens (tertiary/aromatic N) is 3. The molecule has 0 aromatic carbocycles. The molecule has 1 rings (SSSR count). The fourth-order valence-electron chi connectivity index (χ4n) is 2.67. The lowest BCUT2D eigenvalue weighted by Gasteiger charge is -2.30. The number of aliphatic carboxylic acids is 1. The molecule has 2 amide bonds. The Labute approximate surface area is 127 Å². The van der Waals surface area contributed by atoms with Crippen molar-refractivity contribution in [1.29, 1.82) is 0 Å². The highest BCUT2D eigenvalue weighted by Gasteiger charge is 2.38. The number of hydrogen-bond donors (Lipinski definition) is 1. The molecule has 1 heterocycles. The van der Waals surface area contributed by atoms with Gasteiger partial charge in [0.1, 0.15) is 0 Å². The molecule has 122 valence electrons. The molecule has 1 saturated heterocycles. The van der Waals surface area contributed by atoms with Gasteiger partial charge in [0, 0.05) is 32.7 Å². The number of likely N-dealkylation sites (N-methyl/N-ethyl adjacent to an activating group) is 1. The van der Waals surface area contributed by atoms with E-state index in [4.69, 9.17) is 0 Å². The summed E-state index contributed by atoms with van der Waals surface area (Å²) in [6.07, 6.45) is 0. The Bertz CT molecular complexity index is 371. The Morgan fingerprint density at radius 3 is 2.29 bits per heavy atom. The maximum Gasteiger partial charge on any atom is 0.320 e. The van der Waals surface area contributed by atoms with Crippen LogP contribution in [0.15, 0.2) is 0 Å². The second-order valence-corrected chi connectivity index (χ2v) is 6.75. The largest absolute Gasteiger partial charge is 0.481 e. The van der Waals surface area contributed by atoms with Gasteiger partial charge in [0.15, 0.2) is 0 Å². The van der Waals surface area contributed by atoms with Gasteiger partial charge < -0.3 is 19.8 Å². The molecule has 0 aromatic rings. The number of carboxylic acids is 1. The smallest absolute Gasteiger partial charge is 0.320 e. The molecule has 0 unspecified atom stereocenters. The molecule has 1 N–H and O–H groups in total. The van der Waals surface area contributed by atoms with Crippen LogP contribution in [0.2, 0.25) is 0 Å². The summed E-state index contributed by atoms with van der Waals surface area (Å²) in [6, 6.07) is -0.0267. The third kappa shape index (κ3) is 5.19. The van der Waals surface area contributed by atoms with E-state index in [-0.39, 0.29) is 11.9 Å². The lowest BCUT2D eigenvalue weighted by atomic mass is 9.99. The normalized spacial score (nSPS) is 22.1. The summed E-state index contributed by atoms with van der Waals surface area (Å²) in [5, 5.41) is 9.19. The van der Waals surface area contributed by atoms with E-state index < -0.39 is 11.9 Å². The van der Waals surface area contributed by atoms with Crippen LogP contribution in [0.1, 0.15) is 20.8 Å². The van der Waals surface area contributed by atoms with Gasteiger partial charge in [-0.05, 0) is 25.9 Å². The molecule has 0 aliphatic carbocycles. The van der Waals surface area contributed by atoms with Crippen molar-refractivity contribution in [3.63, 3.8) is 0 Å². The van der Waals surface area contributed by atoms with Crippen molar-refractivity contribution in [2.75, 3.05) is 46.8 Å². The maximum absolute atomic E-state index is 12.6. The Balaban J connectivity index is 2.69. The van der Waals surface area contributed by atoms with E-state index >= 15 is 0 Å². The maximum atomic E-state index is 12.6. The minimum Gasteiger partial charge on any atom is -0.481 e. The van der Waals surface area contributed by atoms with Crippen molar-refractivity contribution in [1.82, 2.24) is 14.7 Å².